The van der Waals surface area contributed by atoms with Gasteiger partial charge in [-0.15, -0.1) is 0 Å². The van der Waals surface area contributed by atoms with Gasteiger partial charge in [-0.1, -0.05) is 12.1 Å². The van der Waals surface area contributed by atoms with Crippen LogP contribution in [-0.2, 0) is 20.9 Å². The predicted octanol–water partition coefficient (Wildman–Crippen LogP) is 0.0165. The van der Waals surface area contributed by atoms with Gasteiger partial charge in [-0.2, -0.15) is 0 Å². The molecule has 7 heteroatoms. The number of hydrogen-bond acceptors (Lipinski definition) is 4. The van der Waals surface area contributed by atoms with Crippen molar-refractivity contribution >= 4 is 11.8 Å². The number of morpholine rings is 1. The molecule has 3 N–H and O–H groups in total. The van der Waals surface area contributed by atoms with Crippen molar-refractivity contribution in [3.8, 4) is 0 Å². The second-order valence-corrected chi connectivity index (χ2v) is 5.30. The van der Waals surface area contributed by atoms with E-state index in [9.17, 15) is 14.0 Å². The van der Waals surface area contributed by atoms with Crippen LogP contribution in [0.3, 0.4) is 0 Å². The van der Waals surface area contributed by atoms with Gasteiger partial charge in [0, 0.05) is 13.1 Å². The van der Waals surface area contributed by atoms with Crippen LogP contribution in [0.4, 0.5) is 4.39 Å². The summed E-state index contributed by atoms with van der Waals surface area (Å²) >= 11 is 0. The highest BCUT2D eigenvalue weighted by Crippen LogP contribution is 2.13. The molecule has 6 nitrogen and oxygen atoms in total. The number of nitrogens with one attached hydrogen (secondary N) is 1. The third-order valence-electron chi connectivity index (χ3n) is 3.64. The average molecular weight is 309 g/mol. The molecule has 0 aromatic heterocycles. The monoisotopic (exact) mass is 309 g/mol. The van der Waals surface area contributed by atoms with Crippen molar-refractivity contribution < 1.29 is 18.7 Å². The van der Waals surface area contributed by atoms with E-state index in [-0.39, 0.29) is 24.4 Å². The molecule has 0 unspecified atom stereocenters. The minimum Gasteiger partial charge on any atom is -0.375 e. The number of amides is 2. The van der Waals surface area contributed by atoms with Gasteiger partial charge >= 0.3 is 0 Å². The molecule has 1 aliphatic rings. The van der Waals surface area contributed by atoms with Gasteiger partial charge in [0.25, 0.3) is 0 Å². The third kappa shape index (κ3) is 4.25. The summed E-state index contributed by atoms with van der Waals surface area (Å²) in [6.45, 7) is 3.07. The Morgan fingerprint density at radius 1 is 1.41 bits per heavy atom. The molecular weight excluding hydrogens is 289 g/mol. The van der Waals surface area contributed by atoms with Crippen LogP contribution >= 0.6 is 0 Å². The Kier molecular flexibility index (Phi) is 5.46. The molecule has 0 bridgehead atoms. The van der Waals surface area contributed by atoms with Crippen molar-refractivity contribution in [2.24, 2.45) is 5.73 Å². The van der Waals surface area contributed by atoms with Gasteiger partial charge in [0.15, 0.2) is 0 Å². The fraction of sp³-hybridized carbons (Fsp3) is 0.467. The fourth-order valence-corrected chi connectivity index (χ4v) is 2.51. The molecule has 1 saturated heterocycles. The van der Waals surface area contributed by atoms with Crippen LogP contribution in [-0.4, -0.2) is 48.6 Å². The number of ether oxygens (including phenoxy) is 1. The maximum Gasteiger partial charge on any atom is 0.237 e. The molecule has 1 heterocycles. The van der Waals surface area contributed by atoms with Gasteiger partial charge in [-0.05, 0) is 24.6 Å². The lowest BCUT2D eigenvalue weighted by Crippen LogP contribution is -2.58. The number of primary amides is 1. The lowest BCUT2D eigenvalue weighted by atomic mass is 10.1. The van der Waals surface area contributed by atoms with Gasteiger partial charge in [0.05, 0.1) is 19.3 Å². The highest BCUT2D eigenvalue weighted by atomic mass is 19.1. The first-order chi connectivity index (χ1) is 10.5. The third-order valence-corrected chi connectivity index (χ3v) is 3.64. The van der Waals surface area contributed by atoms with E-state index < -0.39 is 11.9 Å². The van der Waals surface area contributed by atoms with Gasteiger partial charge in [0.1, 0.15) is 11.9 Å². The van der Waals surface area contributed by atoms with Crippen LogP contribution in [0, 0.1) is 5.82 Å². The lowest BCUT2D eigenvalue weighted by molar-refractivity contribution is -0.139. The molecule has 0 radical (unpaired) electrons. The summed E-state index contributed by atoms with van der Waals surface area (Å²) in [6, 6.07) is 5.30. The van der Waals surface area contributed by atoms with Gasteiger partial charge in [0.2, 0.25) is 11.8 Å². The molecule has 0 spiro atoms. The summed E-state index contributed by atoms with van der Waals surface area (Å²) in [5.74, 6) is -1.04. The number of rotatable bonds is 5. The Labute approximate surface area is 128 Å². The van der Waals surface area contributed by atoms with E-state index in [1.54, 1.807) is 24.0 Å². The normalized spacial score (nSPS) is 22.3. The zero-order chi connectivity index (χ0) is 16.1. The Hall–Kier alpha value is -1.99. The Bertz CT molecular complexity index is 535. The van der Waals surface area contributed by atoms with Crippen LogP contribution in [0.5, 0.6) is 0 Å². The molecule has 2 rings (SSSR count). The highest BCUT2D eigenvalue weighted by Gasteiger charge is 2.34. The highest BCUT2D eigenvalue weighted by molar-refractivity contribution is 5.83. The number of halogens is 1. The number of nitrogens with zero attached hydrogens (tertiary/aromatic N) is 1. The summed E-state index contributed by atoms with van der Waals surface area (Å²) in [5.41, 5.74) is 6.18. The van der Waals surface area contributed by atoms with E-state index in [2.05, 4.69) is 5.32 Å². The standard InChI is InChI=1S/C15H20FN3O3/c1-10-14(15(17)21)19(6-7-22-10)9-13(20)18-8-11-2-4-12(16)5-3-11/h2-5,10,14H,6-9H2,1H3,(H2,17,21)(H,18,20)/t10-,14+/m1/s1. The Morgan fingerprint density at radius 3 is 2.73 bits per heavy atom. The van der Waals surface area contributed by atoms with E-state index in [4.69, 9.17) is 10.5 Å². The lowest BCUT2D eigenvalue weighted by Gasteiger charge is -2.37. The second-order valence-electron chi connectivity index (χ2n) is 5.30. The van der Waals surface area contributed by atoms with Crippen LogP contribution in [0.2, 0.25) is 0 Å². The van der Waals surface area contributed by atoms with Crippen LogP contribution in [0.25, 0.3) is 0 Å². The molecule has 120 valence electrons. The van der Waals surface area contributed by atoms with Crippen molar-refractivity contribution in [3.63, 3.8) is 0 Å². The SMILES string of the molecule is C[C@H]1OCCN(CC(=O)NCc2ccc(F)cc2)[C@@H]1C(N)=O. The fourth-order valence-electron chi connectivity index (χ4n) is 2.51. The van der Waals surface area contributed by atoms with Crippen molar-refractivity contribution in [2.45, 2.75) is 25.6 Å². The summed E-state index contributed by atoms with van der Waals surface area (Å²) in [4.78, 5) is 25.2. The first-order valence-electron chi connectivity index (χ1n) is 7.13. The number of carbonyl (C=O) groups excluding carboxylic acids is 2. The summed E-state index contributed by atoms with van der Waals surface area (Å²) in [5, 5.41) is 2.74. The van der Waals surface area contributed by atoms with E-state index >= 15 is 0 Å². The van der Waals surface area contributed by atoms with Crippen LogP contribution in [0.1, 0.15) is 12.5 Å². The number of benzene rings is 1. The molecular formula is C15H20FN3O3. The number of carbonyl (C=O) groups is 2. The Morgan fingerprint density at radius 2 is 2.09 bits per heavy atom. The van der Waals surface area contributed by atoms with Gasteiger partial charge in [-0.25, -0.2) is 4.39 Å². The second kappa shape index (κ2) is 7.33. The molecule has 1 fully saturated rings. The number of hydrogen-bond donors (Lipinski definition) is 2. The molecule has 22 heavy (non-hydrogen) atoms. The largest absolute Gasteiger partial charge is 0.375 e. The maximum absolute atomic E-state index is 12.8. The first kappa shape index (κ1) is 16.4. The molecule has 1 aromatic rings. The smallest absolute Gasteiger partial charge is 0.237 e. The zero-order valence-electron chi connectivity index (χ0n) is 12.4. The first-order valence-corrected chi connectivity index (χ1v) is 7.13. The van der Waals surface area contributed by atoms with Crippen molar-refractivity contribution in [3.05, 3.63) is 35.6 Å². The Balaban J connectivity index is 1.87. The van der Waals surface area contributed by atoms with Crippen LogP contribution < -0.4 is 11.1 Å². The molecule has 1 aromatic carbocycles. The van der Waals surface area contributed by atoms with Crippen molar-refractivity contribution in [1.82, 2.24) is 10.2 Å². The molecule has 0 saturated carbocycles. The molecule has 2 amide bonds. The molecule has 0 aliphatic carbocycles. The summed E-state index contributed by atoms with van der Waals surface area (Å²) in [7, 11) is 0. The summed E-state index contributed by atoms with van der Waals surface area (Å²) < 4.78 is 18.2. The quantitative estimate of drug-likeness (QED) is 0.803. The van der Waals surface area contributed by atoms with Crippen molar-refractivity contribution in [2.75, 3.05) is 19.7 Å². The van der Waals surface area contributed by atoms with Gasteiger partial charge in [-0.3, -0.25) is 14.5 Å². The van der Waals surface area contributed by atoms with E-state index in [0.717, 1.165) is 5.56 Å². The minimum atomic E-state index is -0.606. The van der Waals surface area contributed by atoms with E-state index in [0.29, 0.717) is 19.7 Å². The predicted molar refractivity (Wildman–Crippen MR) is 78.2 cm³/mol. The minimum absolute atomic E-state index is 0.0719. The average Bonchev–Trinajstić information content (AvgIpc) is 2.46. The maximum atomic E-state index is 12.8. The van der Waals surface area contributed by atoms with Gasteiger partial charge < -0.3 is 15.8 Å². The van der Waals surface area contributed by atoms with E-state index in [1.165, 1.54) is 12.1 Å². The topological polar surface area (TPSA) is 84.7 Å². The van der Waals surface area contributed by atoms with Crippen molar-refractivity contribution in [1.29, 1.82) is 0 Å². The summed E-state index contributed by atoms with van der Waals surface area (Å²) in [6.07, 6.45) is -0.337. The number of nitrogens with two attached hydrogens (primary N) is 1. The van der Waals surface area contributed by atoms with Crippen LogP contribution in [0.15, 0.2) is 24.3 Å². The molecule has 2 atom stereocenters. The van der Waals surface area contributed by atoms with E-state index in [1.807, 2.05) is 0 Å². The zero-order valence-corrected chi connectivity index (χ0v) is 12.4. The molecule has 1 aliphatic heterocycles.